The maximum Gasteiger partial charge on any atom is 0.321 e. The third kappa shape index (κ3) is 5.69. The Balaban J connectivity index is 1.93. The highest BCUT2D eigenvalue weighted by molar-refractivity contribution is 5.89. The summed E-state index contributed by atoms with van der Waals surface area (Å²) in [5.74, 6) is 0. The highest BCUT2D eigenvalue weighted by Crippen LogP contribution is 2.37. The maximum absolute atomic E-state index is 12.6. The third-order valence-electron chi connectivity index (χ3n) is 6.09. The Morgan fingerprint density at radius 1 is 1.22 bits per heavy atom. The zero-order valence-corrected chi connectivity index (χ0v) is 17.6. The summed E-state index contributed by atoms with van der Waals surface area (Å²) in [4.78, 5) is 14.4. The monoisotopic (exact) mass is 375 g/mol. The van der Waals surface area contributed by atoms with Crippen LogP contribution in [0.4, 0.5) is 10.5 Å². The lowest BCUT2D eigenvalue weighted by atomic mass is 9.79. The van der Waals surface area contributed by atoms with Crippen molar-refractivity contribution in [2.24, 2.45) is 5.41 Å². The molecule has 0 bridgehead atoms. The summed E-state index contributed by atoms with van der Waals surface area (Å²) in [5, 5.41) is 17.0. The first-order valence-electron chi connectivity index (χ1n) is 10.3. The average Bonchev–Trinajstić information content (AvgIpc) is 2.67. The number of carbonyl (C=O) groups excluding carboxylic acids is 1. The molecule has 0 heterocycles. The number of rotatable bonds is 7. The molecule has 1 aromatic rings. The second-order valence-corrected chi connectivity index (χ2v) is 8.60. The van der Waals surface area contributed by atoms with Crippen molar-refractivity contribution < 1.29 is 9.90 Å². The minimum Gasteiger partial charge on any atom is -0.388 e. The van der Waals surface area contributed by atoms with E-state index < -0.39 is 6.10 Å². The van der Waals surface area contributed by atoms with Crippen LogP contribution in [0, 0.1) is 5.41 Å². The van der Waals surface area contributed by atoms with E-state index >= 15 is 0 Å². The molecule has 0 spiro atoms. The number of aliphatic hydroxyl groups is 1. The van der Waals surface area contributed by atoms with E-state index in [9.17, 15) is 9.90 Å². The van der Waals surface area contributed by atoms with Gasteiger partial charge in [0.15, 0.2) is 0 Å². The minimum atomic E-state index is -0.507. The minimum absolute atomic E-state index is 0.0671. The van der Waals surface area contributed by atoms with Gasteiger partial charge in [0.25, 0.3) is 0 Å². The summed E-state index contributed by atoms with van der Waals surface area (Å²) in [5.41, 5.74) is 1.50. The largest absolute Gasteiger partial charge is 0.388 e. The Kier molecular flexibility index (Phi) is 7.68. The van der Waals surface area contributed by atoms with Gasteiger partial charge >= 0.3 is 6.03 Å². The smallest absolute Gasteiger partial charge is 0.321 e. The molecule has 0 radical (unpaired) electrons. The lowest BCUT2D eigenvalue weighted by Gasteiger charge is -2.34. The number of carbonyl (C=O) groups is 1. The van der Waals surface area contributed by atoms with Crippen LogP contribution in [0.5, 0.6) is 0 Å². The van der Waals surface area contributed by atoms with Crippen molar-refractivity contribution in [3.8, 4) is 0 Å². The normalized spacial score (nSPS) is 21.6. The second kappa shape index (κ2) is 9.56. The predicted molar refractivity (Wildman–Crippen MR) is 112 cm³/mol. The van der Waals surface area contributed by atoms with E-state index in [1.807, 2.05) is 43.3 Å². The highest BCUT2D eigenvalue weighted by Gasteiger charge is 2.28. The van der Waals surface area contributed by atoms with Crippen LogP contribution >= 0.6 is 0 Å². The summed E-state index contributed by atoms with van der Waals surface area (Å²) in [6, 6.07) is 8.39. The van der Waals surface area contributed by atoms with E-state index in [4.69, 9.17) is 0 Å². The molecule has 1 saturated carbocycles. The molecule has 1 aliphatic rings. The SMILES string of the molecule is CCCC(C)(C)C(O)c1ccc(NC(=O)N(C)C2CCC(NC)CC2)cc1. The molecule has 152 valence electrons. The number of benzene rings is 1. The van der Waals surface area contributed by atoms with E-state index in [0.29, 0.717) is 12.1 Å². The molecule has 0 aromatic heterocycles. The van der Waals surface area contributed by atoms with Gasteiger partial charge in [-0.2, -0.15) is 0 Å². The fourth-order valence-electron chi connectivity index (χ4n) is 4.11. The maximum atomic E-state index is 12.6. The van der Waals surface area contributed by atoms with Crippen molar-refractivity contribution in [2.45, 2.75) is 77.5 Å². The molecule has 0 aliphatic heterocycles. The summed E-state index contributed by atoms with van der Waals surface area (Å²) in [6.45, 7) is 6.32. The molecule has 1 unspecified atom stereocenters. The molecule has 5 heteroatoms. The molecule has 1 fully saturated rings. The third-order valence-corrected chi connectivity index (χ3v) is 6.09. The molecule has 2 rings (SSSR count). The van der Waals surface area contributed by atoms with E-state index in [2.05, 4.69) is 31.4 Å². The molecule has 1 aliphatic carbocycles. The van der Waals surface area contributed by atoms with Gasteiger partial charge in [-0.05, 0) is 62.3 Å². The Labute approximate surface area is 164 Å². The zero-order chi connectivity index (χ0) is 20.0. The zero-order valence-electron chi connectivity index (χ0n) is 17.6. The van der Waals surface area contributed by atoms with E-state index in [1.165, 1.54) is 0 Å². The summed E-state index contributed by atoms with van der Waals surface area (Å²) in [7, 11) is 3.89. The van der Waals surface area contributed by atoms with Gasteiger partial charge in [0.2, 0.25) is 0 Å². The molecule has 3 N–H and O–H groups in total. The van der Waals surface area contributed by atoms with Gasteiger partial charge in [-0.1, -0.05) is 39.3 Å². The predicted octanol–water partition coefficient (Wildman–Crippen LogP) is 4.54. The number of aliphatic hydroxyl groups excluding tert-OH is 1. The standard InChI is InChI=1S/C22H37N3O2/c1-6-15-22(2,3)20(26)16-7-9-18(10-8-16)24-21(27)25(5)19-13-11-17(23-4)12-14-19/h7-10,17,19-20,23,26H,6,11-15H2,1-5H3,(H,24,27). The van der Waals surface area contributed by atoms with Crippen LogP contribution in [0.1, 0.15) is 71.0 Å². The summed E-state index contributed by atoms with van der Waals surface area (Å²) >= 11 is 0. The van der Waals surface area contributed by atoms with Crippen LogP contribution in [0.15, 0.2) is 24.3 Å². The van der Waals surface area contributed by atoms with Crippen molar-refractivity contribution in [3.63, 3.8) is 0 Å². The molecule has 0 saturated heterocycles. The number of hydrogen-bond acceptors (Lipinski definition) is 3. The quantitative estimate of drug-likeness (QED) is 0.655. The number of hydrogen-bond donors (Lipinski definition) is 3. The van der Waals surface area contributed by atoms with Gasteiger partial charge in [-0.3, -0.25) is 0 Å². The molecule has 1 atom stereocenters. The van der Waals surface area contributed by atoms with E-state index in [1.54, 1.807) is 0 Å². The van der Waals surface area contributed by atoms with Gasteiger partial charge in [-0.25, -0.2) is 4.79 Å². The Bertz CT molecular complexity index is 592. The lowest BCUT2D eigenvalue weighted by Crippen LogP contribution is -2.44. The fraction of sp³-hybridized carbons (Fsp3) is 0.682. The van der Waals surface area contributed by atoms with E-state index in [-0.39, 0.29) is 11.4 Å². The fourth-order valence-corrected chi connectivity index (χ4v) is 4.11. The average molecular weight is 376 g/mol. The first-order valence-corrected chi connectivity index (χ1v) is 10.3. The first-order chi connectivity index (χ1) is 12.8. The van der Waals surface area contributed by atoms with Crippen LogP contribution in [-0.4, -0.2) is 42.2 Å². The van der Waals surface area contributed by atoms with Gasteiger partial charge in [-0.15, -0.1) is 0 Å². The van der Waals surface area contributed by atoms with Crippen LogP contribution < -0.4 is 10.6 Å². The highest BCUT2D eigenvalue weighted by atomic mass is 16.3. The van der Waals surface area contributed by atoms with Gasteiger partial charge < -0.3 is 20.6 Å². The molecule has 1 aromatic carbocycles. The number of nitrogens with one attached hydrogen (secondary N) is 2. The van der Waals surface area contributed by atoms with E-state index in [0.717, 1.165) is 49.8 Å². The number of anilines is 1. The van der Waals surface area contributed by atoms with Crippen LogP contribution in [-0.2, 0) is 0 Å². The van der Waals surface area contributed by atoms with Crippen molar-refractivity contribution >= 4 is 11.7 Å². The molecule has 2 amide bonds. The number of urea groups is 1. The van der Waals surface area contributed by atoms with Crippen LogP contribution in [0.2, 0.25) is 0 Å². The van der Waals surface area contributed by atoms with Crippen LogP contribution in [0.25, 0.3) is 0 Å². The van der Waals surface area contributed by atoms with Gasteiger partial charge in [0, 0.05) is 24.8 Å². The summed E-state index contributed by atoms with van der Waals surface area (Å²) < 4.78 is 0. The van der Waals surface area contributed by atoms with Crippen molar-refractivity contribution in [1.82, 2.24) is 10.2 Å². The lowest BCUT2D eigenvalue weighted by molar-refractivity contribution is 0.0425. The topological polar surface area (TPSA) is 64.6 Å². The first kappa shape index (κ1) is 21.7. The number of amides is 2. The molecular formula is C22H37N3O2. The Hall–Kier alpha value is -1.59. The Morgan fingerprint density at radius 3 is 2.33 bits per heavy atom. The molecular weight excluding hydrogens is 338 g/mol. The van der Waals surface area contributed by atoms with Crippen molar-refractivity contribution in [3.05, 3.63) is 29.8 Å². The number of nitrogens with zero attached hydrogens (tertiary/aromatic N) is 1. The Morgan fingerprint density at radius 2 is 1.81 bits per heavy atom. The van der Waals surface area contributed by atoms with Crippen molar-refractivity contribution in [2.75, 3.05) is 19.4 Å². The van der Waals surface area contributed by atoms with Crippen LogP contribution in [0.3, 0.4) is 0 Å². The van der Waals surface area contributed by atoms with Gasteiger partial charge in [0.05, 0.1) is 6.10 Å². The molecule has 5 nitrogen and oxygen atoms in total. The second-order valence-electron chi connectivity index (χ2n) is 8.60. The van der Waals surface area contributed by atoms with Gasteiger partial charge in [0.1, 0.15) is 0 Å². The summed E-state index contributed by atoms with van der Waals surface area (Å²) in [6.07, 6.45) is 5.79. The molecule has 27 heavy (non-hydrogen) atoms. The van der Waals surface area contributed by atoms with Crippen molar-refractivity contribution in [1.29, 1.82) is 0 Å².